The van der Waals surface area contributed by atoms with Crippen LogP contribution < -0.4 is 10.2 Å². The van der Waals surface area contributed by atoms with Crippen LogP contribution in [0.4, 0.5) is 16.0 Å². The van der Waals surface area contributed by atoms with Crippen LogP contribution in [0.3, 0.4) is 0 Å². The molecule has 0 aliphatic carbocycles. The Hall–Kier alpha value is -2.31. The molecule has 1 N–H and O–H groups in total. The summed E-state index contributed by atoms with van der Waals surface area (Å²) in [5.41, 5.74) is 0.380. The Morgan fingerprint density at radius 2 is 2.19 bits per heavy atom. The normalized spacial score (nSPS) is 18.6. The zero-order valence-electron chi connectivity index (χ0n) is 11.8. The van der Waals surface area contributed by atoms with Gasteiger partial charge in [-0.2, -0.15) is 0 Å². The molecule has 1 fully saturated rings. The number of hydrogen-bond acceptors (Lipinski definition) is 6. The molecule has 7 heteroatoms. The Morgan fingerprint density at radius 1 is 1.29 bits per heavy atom. The van der Waals surface area contributed by atoms with Crippen LogP contribution in [-0.4, -0.2) is 39.1 Å². The predicted molar refractivity (Wildman–Crippen MR) is 77.6 cm³/mol. The summed E-state index contributed by atoms with van der Waals surface area (Å²) >= 11 is 0. The average Bonchev–Trinajstić information content (AvgIpc) is 2.51. The molecule has 0 spiro atoms. The summed E-state index contributed by atoms with van der Waals surface area (Å²) in [6, 6.07) is 2.04. The summed E-state index contributed by atoms with van der Waals surface area (Å²) < 4.78 is 14.1. The second-order valence-corrected chi connectivity index (χ2v) is 5.12. The molecule has 1 aliphatic rings. The van der Waals surface area contributed by atoms with Gasteiger partial charge in [0.25, 0.3) is 0 Å². The molecule has 1 atom stereocenters. The van der Waals surface area contributed by atoms with Gasteiger partial charge in [0.15, 0.2) is 11.6 Å². The third-order valence-corrected chi connectivity index (χ3v) is 3.60. The number of aromatic nitrogens is 4. The van der Waals surface area contributed by atoms with E-state index in [2.05, 4.69) is 25.3 Å². The fourth-order valence-electron chi connectivity index (χ4n) is 2.54. The number of nitrogens with one attached hydrogen (secondary N) is 1. The quantitative estimate of drug-likeness (QED) is 0.929. The Bertz CT molecular complexity index is 606. The third kappa shape index (κ3) is 3.07. The predicted octanol–water partition coefficient (Wildman–Crippen LogP) is 1.80. The Kier molecular flexibility index (Phi) is 3.89. The minimum Gasteiger partial charge on any atom is -0.365 e. The molecular formula is C14H17FN6. The van der Waals surface area contributed by atoms with Crippen LogP contribution in [0.15, 0.2) is 24.9 Å². The van der Waals surface area contributed by atoms with E-state index in [1.54, 1.807) is 13.1 Å². The molecule has 1 saturated heterocycles. The molecule has 1 unspecified atom stereocenters. The van der Waals surface area contributed by atoms with Gasteiger partial charge in [-0.25, -0.2) is 24.3 Å². The second-order valence-electron chi connectivity index (χ2n) is 5.12. The smallest absolute Gasteiger partial charge is 0.186 e. The van der Waals surface area contributed by atoms with Crippen LogP contribution in [0, 0.1) is 12.7 Å². The van der Waals surface area contributed by atoms with E-state index in [0.717, 1.165) is 25.2 Å². The molecule has 3 heterocycles. The van der Waals surface area contributed by atoms with Gasteiger partial charge < -0.3 is 10.2 Å². The molecule has 2 aromatic heterocycles. The fourth-order valence-corrected chi connectivity index (χ4v) is 2.54. The average molecular weight is 288 g/mol. The molecule has 2 aromatic rings. The number of rotatable bonds is 3. The molecule has 1 aliphatic heterocycles. The molecular weight excluding hydrogens is 271 g/mol. The molecule has 0 saturated carbocycles. The van der Waals surface area contributed by atoms with Crippen molar-refractivity contribution in [3.8, 4) is 0 Å². The maximum Gasteiger partial charge on any atom is 0.186 e. The van der Waals surface area contributed by atoms with Crippen molar-refractivity contribution < 1.29 is 4.39 Å². The van der Waals surface area contributed by atoms with Crippen molar-refractivity contribution in [2.45, 2.75) is 25.8 Å². The number of nitrogens with zero attached hydrogens (tertiary/aromatic N) is 5. The van der Waals surface area contributed by atoms with Crippen molar-refractivity contribution in [3.63, 3.8) is 0 Å². The van der Waals surface area contributed by atoms with E-state index < -0.39 is 0 Å². The number of aryl methyl sites for hydroxylation is 1. The summed E-state index contributed by atoms with van der Waals surface area (Å²) in [4.78, 5) is 18.0. The summed E-state index contributed by atoms with van der Waals surface area (Å²) in [7, 11) is 0. The monoisotopic (exact) mass is 288 g/mol. The van der Waals surface area contributed by atoms with Gasteiger partial charge in [-0.3, -0.25) is 0 Å². The van der Waals surface area contributed by atoms with Gasteiger partial charge >= 0.3 is 0 Å². The first-order chi connectivity index (χ1) is 10.2. The lowest BCUT2D eigenvalue weighted by molar-refractivity contribution is 0.509. The van der Waals surface area contributed by atoms with Crippen LogP contribution in [-0.2, 0) is 0 Å². The van der Waals surface area contributed by atoms with Gasteiger partial charge in [-0.05, 0) is 25.8 Å². The van der Waals surface area contributed by atoms with E-state index in [0.29, 0.717) is 18.1 Å². The highest BCUT2D eigenvalue weighted by molar-refractivity contribution is 5.43. The van der Waals surface area contributed by atoms with Crippen molar-refractivity contribution in [3.05, 3.63) is 36.4 Å². The first kappa shape index (κ1) is 13.7. The topological polar surface area (TPSA) is 66.8 Å². The lowest BCUT2D eigenvalue weighted by atomic mass is 10.1. The minimum absolute atomic E-state index is 0.211. The molecule has 21 heavy (non-hydrogen) atoms. The molecule has 3 rings (SSSR count). The Labute approximate surface area is 122 Å². The SMILES string of the molecule is Cc1ncnc(N2CCCC(Nc3ccncn3)C2)c1F. The first-order valence-corrected chi connectivity index (χ1v) is 6.98. The van der Waals surface area contributed by atoms with Crippen LogP contribution >= 0.6 is 0 Å². The fraction of sp³-hybridized carbons (Fsp3) is 0.429. The van der Waals surface area contributed by atoms with E-state index in [1.807, 2.05) is 11.0 Å². The summed E-state index contributed by atoms with van der Waals surface area (Å²) in [6.07, 6.45) is 6.62. The van der Waals surface area contributed by atoms with Gasteiger partial charge in [-0.15, -0.1) is 0 Å². The van der Waals surface area contributed by atoms with E-state index in [-0.39, 0.29) is 11.9 Å². The number of anilines is 2. The van der Waals surface area contributed by atoms with Gasteiger partial charge in [-0.1, -0.05) is 0 Å². The van der Waals surface area contributed by atoms with Crippen LogP contribution in [0.2, 0.25) is 0 Å². The van der Waals surface area contributed by atoms with Crippen molar-refractivity contribution in [2.75, 3.05) is 23.3 Å². The molecule has 0 radical (unpaired) electrons. The summed E-state index contributed by atoms with van der Waals surface area (Å²) in [5.74, 6) is 0.841. The lowest BCUT2D eigenvalue weighted by Gasteiger charge is -2.34. The van der Waals surface area contributed by atoms with Gasteiger partial charge in [0.2, 0.25) is 0 Å². The number of hydrogen-bond donors (Lipinski definition) is 1. The van der Waals surface area contributed by atoms with Crippen molar-refractivity contribution in [2.24, 2.45) is 0 Å². The molecule has 6 nitrogen and oxygen atoms in total. The lowest BCUT2D eigenvalue weighted by Crippen LogP contribution is -2.43. The van der Waals surface area contributed by atoms with Gasteiger partial charge in [0.1, 0.15) is 18.5 Å². The maximum absolute atomic E-state index is 14.1. The maximum atomic E-state index is 14.1. The first-order valence-electron chi connectivity index (χ1n) is 6.98. The summed E-state index contributed by atoms with van der Waals surface area (Å²) in [6.45, 7) is 3.15. The molecule has 0 amide bonds. The van der Waals surface area contributed by atoms with Crippen molar-refractivity contribution in [1.82, 2.24) is 19.9 Å². The van der Waals surface area contributed by atoms with Crippen LogP contribution in [0.1, 0.15) is 18.5 Å². The van der Waals surface area contributed by atoms with Gasteiger partial charge in [0.05, 0.1) is 5.69 Å². The highest BCUT2D eigenvalue weighted by Crippen LogP contribution is 2.22. The van der Waals surface area contributed by atoms with E-state index >= 15 is 0 Å². The second kappa shape index (κ2) is 5.99. The van der Waals surface area contributed by atoms with E-state index in [4.69, 9.17) is 0 Å². The van der Waals surface area contributed by atoms with Crippen molar-refractivity contribution >= 4 is 11.6 Å². The highest BCUT2D eigenvalue weighted by atomic mass is 19.1. The van der Waals surface area contributed by atoms with Crippen molar-refractivity contribution in [1.29, 1.82) is 0 Å². The van der Waals surface area contributed by atoms with Crippen LogP contribution in [0.25, 0.3) is 0 Å². The third-order valence-electron chi connectivity index (χ3n) is 3.60. The minimum atomic E-state index is -0.333. The Morgan fingerprint density at radius 3 is 3.00 bits per heavy atom. The molecule has 0 bridgehead atoms. The number of halogens is 1. The zero-order chi connectivity index (χ0) is 14.7. The number of piperidine rings is 1. The van der Waals surface area contributed by atoms with E-state index in [9.17, 15) is 4.39 Å². The summed E-state index contributed by atoms with van der Waals surface area (Å²) in [5, 5.41) is 3.36. The van der Waals surface area contributed by atoms with Crippen LogP contribution in [0.5, 0.6) is 0 Å². The van der Waals surface area contributed by atoms with E-state index in [1.165, 1.54) is 12.7 Å². The molecule has 110 valence electrons. The standard InChI is InChI=1S/C14H17FN6/c1-10-13(15)14(19-9-17-10)21-6-2-3-11(7-21)20-12-4-5-16-8-18-12/h4-5,8-9,11H,2-3,6-7H2,1H3,(H,16,18,20). The van der Waals surface area contributed by atoms with Gasteiger partial charge in [0, 0.05) is 25.3 Å². The Balaban J connectivity index is 1.72. The zero-order valence-corrected chi connectivity index (χ0v) is 11.8. The molecule has 0 aromatic carbocycles. The highest BCUT2D eigenvalue weighted by Gasteiger charge is 2.24. The largest absolute Gasteiger partial charge is 0.365 e.